The molecule has 2 aromatic carbocycles. The number of fused-ring (bicyclic) bond motifs is 6. The van der Waals surface area contributed by atoms with Crippen LogP contribution < -0.4 is 0 Å². The van der Waals surface area contributed by atoms with Gasteiger partial charge >= 0.3 is 12.4 Å². The Morgan fingerprint density at radius 3 is 1.00 bits per heavy atom. The van der Waals surface area contributed by atoms with Crippen molar-refractivity contribution in [3.05, 3.63) is 82.6 Å². The molecule has 0 atom stereocenters. The van der Waals surface area contributed by atoms with Crippen LogP contribution >= 0.6 is 68.0 Å². The van der Waals surface area contributed by atoms with Gasteiger partial charge in [-0.25, -0.2) is 0 Å². The second-order valence-corrected chi connectivity index (χ2v) is 16.0. The fraction of sp³-hybridized carbons (Fsp3) is 0.0667. The van der Waals surface area contributed by atoms with Gasteiger partial charge in [0.05, 0.1) is 0 Å². The maximum Gasteiger partial charge on any atom is 0.425 e. The third-order valence-electron chi connectivity index (χ3n) is 6.90. The van der Waals surface area contributed by atoms with Crippen LogP contribution in [-0.4, -0.2) is 0 Å². The van der Waals surface area contributed by atoms with Crippen molar-refractivity contribution in [1.82, 2.24) is 0 Å². The van der Waals surface area contributed by atoms with Crippen LogP contribution in [0.15, 0.2) is 72.8 Å². The van der Waals surface area contributed by atoms with Gasteiger partial charge in [-0.15, -0.1) is 68.0 Å². The quantitative estimate of drug-likeness (QED) is 0.163. The number of hydrogen-bond donors (Lipinski definition) is 0. The standard InChI is InChI=1S/C30H12F6S6/c31-29(32,33)27-11-15-13-9-25(37-17(13)1-3-19(15)41-27)23-7-5-21(39-23)22-6-8-24(40-22)26-10-14-16-12-28(30(34,35)36)42-20(16)4-2-18(14)38-26/h1-12H. The van der Waals surface area contributed by atoms with Crippen LogP contribution in [-0.2, 0) is 12.4 Å². The van der Waals surface area contributed by atoms with Gasteiger partial charge in [0, 0.05) is 69.6 Å². The molecular formula is C30H12F6S6. The minimum Gasteiger partial charge on any atom is -0.165 e. The van der Waals surface area contributed by atoms with Gasteiger partial charge < -0.3 is 0 Å². The second kappa shape index (κ2) is 9.38. The van der Waals surface area contributed by atoms with E-state index in [4.69, 9.17) is 0 Å². The summed E-state index contributed by atoms with van der Waals surface area (Å²) in [6.45, 7) is 0. The van der Waals surface area contributed by atoms with E-state index in [2.05, 4.69) is 12.1 Å². The third-order valence-corrected chi connectivity index (χ3v) is 14.1. The Labute approximate surface area is 257 Å². The topological polar surface area (TPSA) is 0 Å². The van der Waals surface area contributed by atoms with Gasteiger partial charge in [0.1, 0.15) is 9.75 Å². The largest absolute Gasteiger partial charge is 0.425 e. The van der Waals surface area contributed by atoms with E-state index in [1.807, 2.05) is 36.4 Å². The zero-order valence-corrected chi connectivity index (χ0v) is 25.5. The van der Waals surface area contributed by atoms with Gasteiger partial charge in [0.25, 0.3) is 0 Å². The predicted octanol–water partition coefficient (Wildman–Crippen LogP) is 13.7. The summed E-state index contributed by atoms with van der Waals surface area (Å²) in [6, 6.07) is 22.0. The number of thiophene rings is 6. The van der Waals surface area contributed by atoms with E-state index < -0.39 is 22.1 Å². The van der Waals surface area contributed by atoms with E-state index >= 15 is 0 Å². The average molecular weight is 679 g/mol. The molecule has 0 aliphatic carbocycles. The van der Waals surface area contributed by atoms with Gasteiger partial charge in [-0.2, -0.15) is 26.3 Å². The number of alkyl halides is 6. The highest BCUT2D eigenvalue weighted by Crippen LogP contribution is 2.48. The van der Waals surface area contributed by atoms with Crippen molar-refractivity contribution < 1.29 is 26.3 Å². The Hall–Kier alpha value is -2.74. The van der Waals surface area contributed by atoms with Crippen LogP contribution in [0.5, 0.6) is 0 Å². The van der Waals surface area contributed by atoms with Crippen molar-refractivity contribution in [3.63, 3.8) is 0 Å². The van der Waals surface area contributed by atoms with Crippen molar-refractivity contribution >= 4 is 108 Å². The van der Waals surface area contributed by atoms with E-state index in [1.54, 1.807) is 57.5 Å². The highest BCUT2D eigenvalue weighted by Gasteiger charge is 2.34. The van der Waals surface area contributed by atoms with Crippen LogP contribution in [0.2, 0.25) is 0 Å². The molecule has 6 aromatic heterocycles. The summed E-state index contributed by atoms with van der Waals surface area (Å²) >= 11 is 7.94. The smallest absolute Gasteiger partial charge is 0.165 e. The zero-order valence-electron chi connectivity index (χ0n) is 20.6. The molecule has 0 unspecified atom stereocenters. The average Bonchev–Trinajstić information content (AvgIpc) is 3.76. The summed E-state index contributed by atoms with van der Waals surface area (Å²) in [7, 11) is 0. The minimum atomic E-state index is -4.36. The van der Waals surface area contributed by atoms with Crippen molar-refractivity contribution in [2.75, 3.05) is 0 Å². The summed E-state index contributed by atoms with van der Waals surface area (Å²) in [4.78, 5) is 5.08. The molecular weight excluding hydrogens is 667 g/mol. The van der Waals surface area contributed by atoms with Crippen LogP contribution in [0, 0.1) is 0 Å². The second-order valence-electron chi connectivity index (χ2n) is 9.54. The van der Waals surface area contributed by atoms with Gasteiger partial charge in [0.15, 0.2) is 0 Å². The van der Waals surface area contributed by atoms with Crippen molar-refractivity contribution in [3.8, 4) is 29.3 Å². The maximum absolute atomic E-state index is 13.3. The number of rotatable bonds is 3. The molecule has 0 nitrogen and oxygen atoms in total. The van der Waals surface area contributed by atoms with Gasteiger partial charge in [-0.3, -0.25) is 0 Å². The third kappa shape index (κ3) is 4.42. The lowest BCUT2D eigenvalue weighted by Gasteiger charge is -1.99. The maximum atomic E-state index is 13.3. The minimum absolute atomic E-state index is 0.589. The van der Waals surface area contributed by atoms with E-state index in [9.17, 15) is 26.3 Å². The normalized spacial score (nSPS) is 13.0. The number of hydrogen-bond acceptors (Lipinski definition) is 6. The molecule has 0 fully saturated rings. The molecule has 0 radical (unpaired) electrons. The molecule has 0 saturated heterocycles. The molecule has 0 amide bonds. The lowest BCUT2D eigenvalue weighted by molar-refractivity contribution is -0.135. The molecule has 12 heteroatoms. The summed E-state index contributed by atoms with van der Waals surface area (Å²) in [5.41, 5.74) is 0. The molecule has 0 aliphatic rings. The zero-order chi connectivity index (χ0) is 29.0. The Morgan fingerprint density at radius 2 is 0.643 bits per heavy atom. The number of benzene rings is 2. The van der Waals surface area contributed by atoms with Crippen molar-refractivity contribution in [2.24, 2.45) is 0 Å². The fourth-order valence-electron chi connectivity index (χ4n) is 4.99. The first-order valence-corrected chi connectivity index (χ1v) is 17.2. The first kappa shape index (κ1) is 26.9. The molecule has 0 aliphatic heterocycles. The molecule has 210 valence electrons. The fourth-order valence-corrected chi connectivity index (χ4v) is 11.3. The van der Waals surface area contributed by atoms with Gasteiger partial charge in [0.2, 0.25) is 0 Å². The van der Waals surface area contributed by atoms with Crippen LogP contribution in [0.4, 0.5) is 26.3 Å². The van der Waals surface area contributed by atoms with E-state index in [-0.39, 0.29) is 0 Å². The molecule has 8 aromatic rings. The van der Waals surface area contributed by atoms with Crippen LogP contribution in [0.3, 0.4) is 0 Å². The van der Waals surface area contributed by atoms with Crippen molar-refractivity contribution in [2.45, 2.75) is 12.4 Å². The SMILES string of the molecule is FC(F)(F)c1cc2c(ccc3sc(-c4ccc(-c5ccc(-c6cc7c(ccc8sc(C(F)(F)F)cc87)s6)s5)s4)cc32)s1. The summed E-state index contributed by atoms with van der Waals surface area (Å²) in [5, 5.41) is 2.92. The summed E-state index contributed by atoms with van der Waals surface area (Å²) < 4.78 is 83.0. The lowest BCUT2D eigenvalue weighted by atomic mass is 10.1. The first-order valence-electron chi connectivity index (χ1n) is 12.3. The van der Waals surface area contributed by atoms with Crippen LogP contribution in [0.1, 0.15) is 9.75 Å². The molecule has 0 spiro atoms. The molecule has 6 heterocycles. The number of halogens is 6. The molecule has 0 bridgehead atoms. The summed E-state index contributed by atoms with van der Waals surface area (Å²) in [5.74, 6) is 0. The predicted molar refractivity (Wildman–Crippen MR) is 170 cm³/mol. The Morgan fingerprint density at radius 1 is 0.333 bits per heavy atom. The van der Waals surface area contributed by atoms with Crippen LogP contribution in [0.25, 0.3) is 69.6 Å². The molecule has 0 saturated carbocycles. The lowest BCUT2D eigenvalue weighted by Crippen LogP contribution is -2.00. The van der Waals surface area contributed by atoms with Crippen molar-refractivity contribution in [1.29, 1.82) is 0 Å². The van der Waals surface area contributed by atoms with Gasteiger partial charge in [-0.05, 0) is 72.8 Å². The molecule has 0 N–H and O–H groups in total. The Balaban J connectivity index is 1.12. The summed E-state index contributed by atoms with van der Waals surface area (Å²) in [6.07, 6.45) is -8.72. The Kier molecular flexibility index (Phi) is 6.00. The van der Waals surface area contributed by atoms with Gasteiger partial charge in [-0.1, -0.05) is 0 Å². The Bertz CT molecular complexity index is 2130. The highest BCUT2D eigenvalue weighted by atomic mass is 32.1. The van der Waals surface area contributed by atoms with E-state index in [0.717, 1.165) is 72.1 Å². The molecule has 8 rings (SSSR count). The van der Waals surface area contributed by atoms with E-state index in [1.165, 1.54) is 12.1 Å². The first-order chi connectivity index (χ1) is 20.0. The monoisotopic (exact) mass is 678 g/mol. The highest BCUT2D eigenvalue weighted by molar-refractivity contribution is 7.30. The van der Waals surface area contributed by atoms with E-state index in [0.29, 0.717) is 20.2 Å². The molecule has 42 heavy (non-hydrogen) atoms.